The summed E-state index contributed by atoms with van der Waals surface area (Å²) in [7, 11) is 0. The number of hydrazone groups is 1. The van der Waals surface area contributed by atoms with Gasteiger partial charge in [0.2, 0.25) is 0 Å². The molecule has 0 saturated carbocycles. The van der Waals surface area contributed by atoms with E-state index in [4.69, 9.17) is 17.0 Å². The van der Waals surface area contributed by atoms with E-state index < -0.39 is 0 Å². The molecule has 0 amide bonds. The molecule has 0 aromatic heterocycles. The number of halogens is 1. The van der Waals surface area contributed by atoms with Gasteiger partial charge < -0.3 is 10.1 Å². The van der Waals surface area contributed by atoms with Crippen molar-refractivity contribution in [2.45, 2.75) is 6.61 Å². The zero-order valence-corrected chi connectivity index (χ0v) is 13.9. The fraction of sp³-hybridized carbons (Fsp3) is 0.111. The van der Waals surface area contributed by atoms with Gasteiger partial charge in [0.25, 0.3) is 0 Å². The molecule has 0 atom stereocenters. The van der Waals surface area contributed by atoms with Crippen molar-refractivity contribution in [3.63, 3.8) is 0 Å². The summed E-state index contributed by atoms with van der Waals surface area (Å²) in [6.07, 6.45) is 3.33. The molecular formula is C18H18FN3OS. The van der Waals surface area contributed by atoms with Gasteiger partial charge >= 0.3 is 0 Å². The van der Waals surface area contributed by atoms with Crippen LogP contribution in [-0.4, -0.2) is 17.9 Å². The third-order valence-corrected chi connectivity index (χ3v) is 3.23. The summed E-state index contributed by atoms with van der Waals surface area (Å²) in [5, 5.41) is 7.36. The second-order valence-electron chi connectivity index (χ2n) is 4.82. The molecule has 0 heterocycles. The van der Waals surface area contributed by atoms with E-state index >= 15 is 0 Å². The summed E-state index contributed by atoms with van der Waals surface area (Å²) in [6.45, 7) is 4.33. The minimum absolute atomic E-state index is 0.168. The molecule has 0 saturated heterocycles. The van der Waals surface area contributed by atoms with Crippen LogP contribution in [-0.2, 0) is 6.61 Å². The minimum atomic E-state index is -0.278. The van der Waals surface area contributed by atoms with Crippen LogP contribution in [0.2, 0.25) is 0 Å². The SMILES string of the molecule is C=CCNC(=S)N/N=C/c1cccc(OCc2ccccc2F)c1. The first kappa shape index (κ1) is 17.6. The van der Waals surface area contributed by atoms with Crippen molar-refractivity contribution >= 4 is 23.5 Å². The van der Waals surface area contributed by atoms with E-state index in [1.807, 2.05) is 24.3 Å². The van der Waals surface area contributed by atoms with Crippen LogP contribution in [0, 0.1) is 5.82 Å². The Labute approximate surface area is 146 Å². The normalized spacial score (nSPS) is 10.4. The molecule has 2 aromatic rings. The molecule has 2 aromatic carbocycles. The van der Waals surface area contributed by atoms with Gasteiger partial charge in [-0.05, 0) is 36.0 Å². The molecule has 2 rings (SSSR count). The first-order valence-electron chi connectivity index (χ1n) is 7.33. The summed E-state index contributed by atoms with van der Waals surface area (Å²) < 4.78 is 19.2. The van der Waals surface area contributed by atoms with Crippen LogP contribution in [0.15, 0.2) is 66.3 Å². The largest absolute Gasteiger partial charge is 0.489 e. The predicted molar refractivity (Wildman–Crippen MR) is 98.7 cm³/mol. The molecular weight excluding hydrogens is 325 g/mol. The van der Waals surface area contributed by atoms with E-state index in [1.54, 1.807) is 30.5 Å². The van der Waals surface area contributed by atoms with Crippen LogP contribution in [0.3, 0.4) is 0 Å². The van der Waals surface area contributed by atoms with Gasteiger partial charge in [-0.15, -0.1) is 6.58 Å². The van der Waals surface area contributed by atoms with Gasteiger partial charge in [-0.3, -0.25) is 5.43 Å². The molecule has 0 unspecified atom stereocenters. The monoisotopic (exact) mass is 343 g/mol. The molecule has 4 nitrogen and oxygen atoms in total. The van der Waals surface area contributed by atoms with Gasteiger partial charge in [-0.1, -0.05) is 36.4 Å². The van der Waals surface area contributed by atoms with Crippen LogP contribution in [0.25, 0.3) is 0 Å². The van der Waals surface area contributed by atoms with Crippen LogP contribution in [0.1, 0.15) is 11.1 Å². The summed E-state index contributed by atoms with van der Waals surface area (Å²) >= 11 is 5.02. The maximum atomic E-state index is 13.6. The smallest absolute Gasteiger partial charge is 0.187 e. The molecule has 124 valence electrons. The third kappa shape index (κ3) is 5.81. The Hall–Kier alpha value is -2.73. The molecule has 6 heteroatoms. The lowest BCUT2D eigenvalue weighted by atomic mass is 10.2. The minimum Gasteiger partial charge on any atom is -0.489 e. The average Bonchev–Trinajstić information content (AvgIpc) is 2.60. The van der Waals surface area contributed by atoms with E-state index in [2.05, 4.69) is 22.4 Å². The highest BCUT2D eigenvalue weighted by atomic mass is 32.1. The maximum Gasteiger partial charge on any atom is 0.187 e. The maximum absolute atomic E-state index is 13.6. The van der Waals surface area contributed by atoms with E-state index in [0.717, 1.165) is 5.56 Å². The van der Waals surface area contributed by atoms with E-state index in [0.29, 0.717) is 23.0 Å². The molecule has 0 spiro atoms. The number of nitrogens with one attached hydrogen (secondary N) is 2. The molecule has 2 N–H and O–H groups in total. The Balaban J connectivity index is 1.90. The second-order valence-corrected chi connectivity index (χ2v) is 5.23. The Morgan fingerprint density at radius 2 is 2.08 bits per heavy atom. The lowest BCUT2D eigenvalue weighted by molar-refractivity contribution is 0.300. The van der Waals surface area contributed by atoms with Crippen molar-refractivity contribution < 1.29 is 9.13 Å². The molecule has 0 aliphatic rings. The number of benzene rings is 2. The molecule has 0 aliphatic heterocycles. The Morgan fingerprint density at radius 3 is 2.88 bits per heavy atom. The highest BCUT2D eigenvalue weighted by Crippen LogP contribution is 2.15. The highest BCUT2D eigenvalue weighted by molar-refractivity contribution is 7.80. The molecule has 0 bridgehead atoms. The Bertz CT molecular complexity index is 734. The van der Waals surface area contributed by atoms with Crippen molar-refractivity contribution in [2.24, 2.45) is 5.10 Å². The Kier molecular flexibility index (Phi) is 6.91. The van der Waals surface area contributed by atoms with Gasteiger partial charge in [0, 0.05) is 12.1 Å². The molecule has 24 heavy (non-hydrogen) atoms. The number of nitrogens with zero attached hydrogens (tertiary/aromatic N) is 1. The second kappa shape index (κ2) is 9.42. The Morgan fingerprint density at radius 1 is 1.25 bits per heavy atom. The zero-order valence-electron chi connectivity index (χ0n) is 13.0. The predicted octanol–water partition coefficient (Wildman–Crippen LogP) is 3.39. The average molecular weight is 343 g/mol. The van der Waals surface area contributed by atoms with E-state index in [-0.39, 0.29) is 12.4 Å². The van der Waals surface area contributed by atoms with Crippen LogP contribution in [0.5, 0.6) is 5.75 Å². The van der Waals surface area contributed by atoms with Crippen LogP contribution < -0.4 is 15.5 Å². The van der Waals surface area contributed by atoms with E-state index in [1.165, 1.54) is 6.07 Å². The van der Waals surface area contributed by atoms with Crippen molar-refractivity contribution in [1.82, 2.24) is 10.7 Å². The lowest BCUT2D eigenvalue weighted by Crippen LogP contribution is -2.31. The summed E-state index contributed by atoms with van der Waals surface area (Å²) in [5.74, 6) is 0.356. The first-order chi connectivity index (χ1) is 11.7. The number of ether oxygens (including phenoxy) is 1. The summed E-state index contributed by atoms with van der Waals surface area (Å²) in [6, 6.07) is 13.9. The van der Waals surface area contributed by atoms with Gasteiger partial charge in [-0.2, -0.15) is 5.10 Å². The fourth-order valence-corrected chi connectivity index (χ4v) is 1.97. The standard InChI is InChI=1S/C18H18FN3OS/c1-2-10-20-18(24)22-21-12-14-6-5-8-16(11-14)23-13-15-7-3-4-9-17(15)19/h2-9,11-12H,1,10,13H2,(H2,20,22,24)/b21-12+. The highest BCUT2D eigenvalue weighted by Gasteiger charge is 2.02. The first-order valence-corrected chi connectivity index (χ1v) is 7.74. The quantitative estimate of drug-likeness (QED) is 0.350. The lowest BCUT2D eigenvalue weighted by Gasteiger charge is -2.07. The van der Waals surface area contributed by atoms with Crippen molar-refractivity contribution in [2.75, 3.05) is 6.54 Å². The number of rotatable bonds is 7. The van der Waals surface area contributed by atoms with Crippen molar-refractivity contribution in [3.8, 4) is 5.75 Å². The van der Waals surface area contributed by atoms with Gasteiger partial charge in [-0.25, -0.2) is 4.39 Å². The van der Waals surface area contributed by atoms with Gasteiger partial charge in [0.15, 0.2) is 5.11 Å². The number of thiocarbonyl (C=S) groups is 1. The van der Waals surface area contributed by atoms with Gasteiger partial charge in [0.1, 0.15) is 18.2 Å². The fourth-order valence-electron chi connectivity index (χ4n) is 1.83. The van der Waals surface area contributed by atoms with Crippen molar-refractivity contribution in [1.29, 1.82) is 0 Å². The number of hydrogen-bond acceptors (Lipinski definition) is 3. The van der Waals surface area contributed by atoms with Crippen LogP contribution >= 0.6 is 12.2 Å². The molecule has 0 fully saturated rings. The zero-order chi connectivity index (χ0) is 17.2. The third-order valence-electron chi connectivity index (χ3n) is 3.00. The summed E-state index contributed by atoms with van der Waals surface area (Å²) in [4.78, 5) is 0. The topological polar surface area (TPSA) is 45.7 Å². The molecule has 0 radical (unpaired) electrons. The summed E-state index contributed by atoms with van der Waals surface area (Å²) in [5.41, 5.74) is 4.05. The number of hydrogen-bond donors (Lipinski definition) is 2. The van der Waals surface area contributed by atoms with Gasteiger partial charge in [0.05, 0.1) is 6.21 Å². The molecule has 0 aliphatic carbocycles. The van der Waals surface area contributed by atoms with Crippen LogP contribution in [0.4, 0.5) is 4.39 Å². The van der Waals surface area contributed by atoms with E-state index in [9.17, 15) is 4.39 Å². The van der Waals surface area contributed by atoms with Crippen molar-refractivity contribution in [3.05, 3.63) is 78.1 Å².